The van der Waals surface area contributed by atoms with E-state index in [1.54, 1.807) is 12.4 Å². The highest BCUT2D eigenvalue weighted by atomic mass is 35.5. The molecule has 6 heteroatoms. The summed E-state index contributed by atoms with van der Waals surface area (Å²) in [6.07, 6.45) is 5.39. The molecule has 0 aliphatic heterocycles. The van der Waals surface area contributed by atoms with E-state index in [-0.39, 0.29) is 17.0 Å². The zero-order valence-corrected chi connectivity index (χ0v) is 13.0. The average Bonchev–Trinajstić information content (AvgIpc) is 2.49. The van der Waals surface area contributed by atoms with Crippen molar-refractivity contribution < 1.29 is 19.8 Å². The van der Waals surface area contributed by atoms with Crippen LogP contribution in [0.25, 0.3) is 5.57 Å². The summed E-state index contributed by atoms with van der Waals surface area (Å²) in [4.78, 5) is 27.0. The van der Waals surface area contributed by atoms with Gasteiger partial charge in [-0.3, -0.25) is 9.78 Å². The molecule has 0 radical (unpaired) electrons. The molecule has 1 aromatic heterocycles. The van der Waals surface area contributed by atoms with Crippen molar-refractivity contribution in [3.8, 4) is 0 Å². The van der Waals surface area contributed by atoms with E-state index in [2.05, 4.69) is 4.98 Å². The molecule has 2 N–H and O–H groups in total. The summed E-state index contributed by atoms with van der Waals surface area (Å²) in [5.74, 6) is -2.30. The normalized spacial score (nSPS) is 21.5. The fourth-order valence-electron chi connectivity index (χ4n) is 2.39. The number of aliphatic carboxylic acids is 2. The number of pyridine rings is 1. The number of aryl methyl sites for hydroxylation is 1. The summed E-state index contributed by atoms with van der Waals surface area (Å²) >= 11 is 6.22. The standard InChI is InChI=1S/C16H16ClNO4/c1-3-9-4-10(8-18-7-9)11-5-16(2,15(21)22)6-12(13(11)17)14(19)20/h4-5,7-8H,3,6H2,1-2H3,(H,19,20)(H,21,22). The monoisotopic (exact) mass is 321 g/mol. The number of nitrogens with zero attached hydrogens (tertiary/aromatic N) is 1. The first-order valence-corrected chi connectivity index (χ1v) is 7.19. The maximum absolute atomic E-state index is 11.5. The summed E-state index contributed by atoms with van der Waals surface area (Å²) in [6.45, 7) is 3.45. The van der Waals surface area contributed by atoms with Crippen LogP contribution in [0.5, 0.6) is 0 Å². The Morgan fingerprint density at radius 2 is 2.05 bits per heavy atom. The molecule has 0 amide bonds. The van der Waals surface area contributed by atoms with Gasteiger partial charge in [0.15, 0.2) is 0 Å². The van der Waals surface area contributed by atoms with Gasteiger partial charge < -0.3 is 10.2 Å². The number of rotatable bonds is 4. The second-order valence-electron chi connectivity index (χ2n) is 5.49. The minimum absolute atomic E-state index is 0.0706. The molecule has 1 heterocycles. The molecule has 116 valence electrons. The number of hydrogen-bond acceptors (Lipinski definition) is 3. The van der Waals surface area contributed by atoms with Crippen LogP contribution in [0, 0.1) is 5.41 Å². The van der Waals surface area contributed by atoms with Crippen LogP contribution in [0.15, 0.2) is 35.1 Å². The summed E-state index contributed by atoms with van der Waals surface area (Å²) in [7, 11) is 0. The van der Waals surface area contributed by atoms with Crippen molar-refractivity contribution >= 4 is 29.1 Å². The van der Waals surface area contributed by atoms with Crippen LogP contribution in [0.3, 0.4) is 0 Å². The van der Waals surface area contributed by atoms with E-state index in [1.807, 2.05) is 13.0 Å². The second-order valence-corrected chi connectivity index (χ2v) is 5.87. The molecule has 1 aromatic rings. The first-order valence-electron chi connectivity index (χ1n) is 6.81. The first-order chi connectivity index (χ1) is 10.3. The molecule has 0 aromatic carbocycles. The maximum Gasteiger partial charge on any atom is 0.333 e. The SMILES string of the molecule is CCc1cncc(C2=CC(C)(C(=O)O)CC(C(=O)O)=C2Cl)c1. The van der Waals surface area contributed by atoms with Gasteiger partial charge in [0.05, 0.1) is 16.0 Å². The lowest BCUT2D eigenvalue weighted by molar-refractivity contribution is -0.145. The maximum atomic E-state index is 11.5. The van der Waals surface area contributed by atoms with E-state index in [4.69, 9.17) is 11.6 Å². The molecule has 0 saturated carbocycles. The number of hydrogen-bond donors (Lipinski definition) is 2. The lowest BCUT2D eigenvalue weighted by Gasteiger charge is -2.28. The largest absolute Gasteiger partial charge is 0.481 e. The predicted molar refractivity (Wildman–Crippen MR) is 82.5 cm³/mol. The second kappa shape index (κ2) is 5.93. The minimum atomic E-state index is -1.32. The number of halogens is 1. The highest BCUT2D eigenvalue weighted by Gasteiger charge is 2.39. The molecule has 1 unspecified atom stereocenters. The van der Waals surface area contributed by atoms with Crippen LogP contribution < -0.4 is 0 Å². The van der Waals surface area contributed by atoms with E-state index in [0.717, 1.165) is 12.0 Å². The molecule has 22 heavy (non-hydrogen) atoms. The van der Waals surface area contributed by atoms with E-state index in [9.17, 15) is 19.8 Å². The number of aromatic nitrogens is 1. The molecule has 0 spiro atoms. The van der Waals surface area contributed by atoms with Crippen LogP contribution in [-0.2, 0) is 16.0 Å². The van der Waals surface area contributed by atoms with E-state index >= 15 is 0 Å². The number of carboxylic acids is 2. The fraction of sp³-hybridized carbons (Fsp3) is 0.312. The van der Waals surface area contributed by atoms with Crippen molar-refractivity contribution in [2.45, 2.75) is 26.7 Å². The lowest BCUT2D eigenvalue weighted by Crippen LogP contribution is -2.30. The fourth-order valence-corrected chi connectivity index (χ4v) is 2.70. The Balaban J connectivity index is 2.64. The van der Waals surface area contributed by atoms with Crippen molar-refractivity contribution in [3.63, 3.8) is 0 Å². The van der Waals surface area contributed by atoms with Crippen LogP contribution in [0.2, 0.25) is 0 Å². The Kier molecular flexibility index (Phi) is 4.37. The lowest BCUT2D eigenvalue weighted by atomic mass is 9.76. The van der Waals surface area contributed by atoms with Gasteiger partial charge in [0.25, 0.3) is 0 Å². The van der Waals surface area contributed by atoms with Gasteiger partial charge in [-0.05, 0) is 30.5 Å². The van der Waals surface area contributed by atoms with Crippen molar-refractivity contribution in [2.24, 2.45) is 5.41 Å². The van der Waals surface area contributed by atoms with Crippen molar-refractivity contribution in [1.29, 1.82) is 0 Å². The van der Waals surface area contributed by atoms with Gasteiger partial charge in [0.1, 0.15) is 0 Å². The Bertz CT molecular complexity index is 708. The van der Waals surface area contributed by atoms with Crippen LogP contribution >= 0.6 is 11.6 Å². The van der Waals surface area contributed by atoms with Gasteiger partial charge in [-0.1, -0.05) is 24.6 Å². The van der Waals surface area contributed by atoms with Crippen molar-refractivity contribution in [3.05, 3.63) is 46.3 Å². The smallest absolute Gasteiger partial charge is 0.333 e. The molecule has 5 nitrogen and oxygen atoms in total. The first kappa shape index (κ1) is 16.2. The minimum Gasteiger partial charge on any atom is -0.481 e. The molecular weight excluding hydrogens is 306 g/mol. The van der Waals surface area contributed by atoms with Crippen LogP contribution in [-0.4, -0.2) is 27.1 Å². The van der Waals surface area contributed by atoms with Gasteiger partial charge >= 0.3 is 11.9 Å². The topological polar surface area (TPSA) is 87.5 Å². The molecule has 1 aliphatic carbocycles. The number of carboxylic acid groups (broad SMARTS) is 2. The van der Waals surface area contributed by atoms with E-state index in [0.29, 0.717) is 11.1 Å². The Labute approximate surface area is 132 Å². The third-order valence-corrected chi connectivity index (χ3v) is 4.20. The predicted octanol–water partition coefficient (Wildman–Crippen LogP) is 3.10. The van der Waals surface area contributed by atoms with Gasteiger partial charge in [-0.2, -0.15) is 0 Å². The highest BCUT2D eigenvalue weighted by molar-refractivity contribution is 6.39. The third kappa shape index (κ3) is 2.90. The van der Waals surface area contributed by atoms with Crippen molar-refractivity contribution in [1.82, 2.24) is 4.98 Å². The molecular formula is C16H16ClNO4. The average molecular weight is 322 g/mol. The van der Waals surface area contributed by atoms with E-state index < -0.39 is 17.4 Å². The zero-order chi connectivity index (χ0) is 16.5. The Hall–Kier alpha value is -2.14. The number of allylic oxidation sites excluding steroid dienone is 2. The summed E-state index contributed by atoms with van der Waals surface area (Å²) in [5, 5.41) is 18.8. The van der Waals surface area contributed by atoms with Crippen molar-refractivity contribution in [2.75, 3.05) is 0 Å². The quantitative estimate of drug-likeness (QED) is 0.889. The zero-order valence-electron chi connectivity index (χ0n) is 12.3. The molecule has 2 rings (SSSR count). The molecule has 0 fully saturated rings. The summed E-state index contributed by atoms with van der Waals surface area (Å²) < 4.78 is 0. The third-order valence-electron chi connectivity index (χ3n) is 3.77. The molecule has 0 bridgehead atoms. The Morgan fingerprint density at radius 1 is 1.36 bits per heavy atom. The highest BCUT2D eigenvalue weighted by Crippen LogP contribution is 2.43. The van der Waals surface area contributed by atoms with Crippen LogP contribution in [0.4, 0.5) is 0 Å². The number of carbonyl (C=O) groups is 2. The summed E-state index contributed by atoms with van der Waals surface area (Å²) in [6, 6.07) is 1.84. The van der Waals surface area contributed by atoms with Gasteiger partial charge in [0.2, 0.25) is 0 Å². The molecule has 1 aliphatic rings. The van der Waals surface area contributed by atoms with Crippen LogP contribution in [0.1, 0.15) is 31.4 Å². The van der Waals surface area contributed by atoms with Gasteiger partial charge in [-0.25, -0.2) is 4.79 Å². The van der Waals surface area contributed by atoms with Gasteiger partial charge in [0, 0.05) is 24.4 Å². The molecule has 0 saturated heterocycles. The molecule has 1 atom stereocenters. The Morgan fingerprint density at radius 3 is 2.59 bits per heavy atom. The summed E-state index contributed by atoms with van der Waals surface area (Å²) in [5.41, 5.74) is 0.575. The van der Waals surface area contributed by atoms with Gasteiger partial charge in [-0.15, -0.1) is 0 Å². The van der Waals surface area contributed by atoms with E-state index in [1.165, 1.54) is 13.0 Å².